The van der Waals surface area contributed by atoms with Crippen molar-refractivity contribution in [2.24, 2.45) is 5.73 Å². The zero-order valence-electron chi connectivity index (χ0n) is 17.0. The quantitative estimate of drug-likeness (QED) is 0.817. The van der Waals surface area contributed by atoms with Gasteiger partial charge >= 0.3 is 0 Å². The summed E-state index contributed by atoms with van der Waals surface area (Å²) in [6, 6.07) is 4.15. The van der Waals surface area contributed by atoms with Gasteiger partial charge in [-0.25, -0.2) is 0 Å². The average Bonchev–Trinajstić information content (AvgIpc) is 2.65. The fourth-order valence-corrected chi connectivity index (χ4v) is 4.73. The molecule has 0 aromatic heterocycles. The average molecular weight is 386 g/mol. The van der Waals surface area contributed by atoms with Crippen LogP contribution in [0.25, 0.3) is 0 Å². The maximum Gasteiger partial charge on any atom is 0.270 e. The van der Waals surface area contributed by atoms with E-state index in [9.17, 15) is 9.59 Å². The van der Waals surface area contributed by atoms with Crippen LogP contribution in [-0.4, -0.2) is 60.6 Å². The standard InChI is InChI=1S/C21H30N4O3/c1-13-9-14-10-18-17(24(8-6-22)20(27)21(2,3)28-18)11-16(14)19(26)25(13)15-5-4-7-23-12-15/h10-11,13,15,23H,4-9,12,22H2,1-3H3/t13?,15-/m1/s1. The maximum atomic E-state index is 13.4. The van der Waals surface area contributed by atoms with Crippen molar-refractivity contribution < 1.29 is 14.3 Å². The molecule has 3 heterocycles. The molecule has 2 amide bonds. The Labute approximate surface area is 166 Å². The first-order valence-electron chi connectivity index (χ1n) is 10.2. The van der Waals surface area contributed by atoms with E-state index in [4.69, 9.17) is 10.5 Å². The number of rotatable bonds is 3. The topological polar surface area (TPSA) is 87.9 Å². The number of carbonyl (C=O) groups is 2. The number of nitrogens with one attached hydrogen (secondary N) is 1. The molecule has 7 heteroatoms. The van der Waals surface area contributed by atoms with Gasteiger partial charge in [0.1, 0.15) is 5.75 Å². The molecule has 3 aliphatic heterocycles. The molecular formula is C21H30N4O3. The Morgan fingerprint density at radius 2 is 2.11 bits per heavy atom. The molecule has 3 N–H and O–H groups in total. The van der Waals surface area contributed by atoms with Crippen molar-refractivity contribution in [3.05, 3.63) is 23.3 Å². The summed E-state index contributed by atoms with van der Waals surface area (Å²) in [6.45, 7) is 8.26. The number of carbonyl (C=O) groups excluding carboxylic acids is 2. The molecule has 3 aliphatic rings. The largest absolute Gasteiger partial charge is 0.476 e. The summed E-state index contributed by atoms with van der Waals surface area (Å²) in [5, 5.41) is 3.41. The van der Waals surface area contributed by atoms with Gasteiger partial charge in [0.25, 0.3) is 11.8 Å². The number of hydrogen-bond acceptors (Lipinski definition) is 5. The molecule has 4 rings (SSSR count). The minimum absolute atomic E-state index is 0.0511. The van der Waals surface area contributed by atoms with Gasteiger partial charge in [0, 0.05) is 37.3 Å². The van der Waals surface area contributed by atoms with Crippen molar-refractivity contribution in [1.29, 1.82) is 0 Å². The molecule has 0 spiro atoms. The Morgan fingerprint density at radius 1 is 1.32 bits per heavy atom. The molecule has 152 valence electrons. The van der Waals surface area contributed by atoms with E-state index in [0.717, 1.165) is 37.9 Å². The Bertz CT molecular complexity index is 801. The van der Waals surface area contributed by atoms with Crippen LogP contribution >= 0.6 is 0 Å². The number of nitrogens with zero attached hydrogens (tertiary/aromatic N) is 2. The number of benzene rings is 1. The molecule has 2 atom stereocenters. The Hall–Kier alpha value is -2.12. The number of anilines is 1. The highest BCUT2D eigenvalue weighted by Crippen LogP contribution is 2.41. The van der Waals surface area contributed by atoms with Crippen molar-refractivity contribution in [3.8, 4) is 5.75 Å². The summed E-state index contributed by atoms with van der Waals surface area (Å²) in [4.78, 5) is 30.0. The maximum absolute atomic E-state index is 13.4. The van der Waals surface area contributed by atoms with Gasteiger partial charge in [-0.15, -0.1) is 0 Å². The van der Waals surface area contributed by atoms with E-state index in [1.165, 1.54) is 0 Å². The number of piperidine rings is 1. The van der Waals surface area contributed by atoms with Crippen molar-refractivity contribution in [2.75, 3.05) is 31.1 Å². The number of amides is 2. The van der Waals surface area contributed by atoms with E-state index in [2.05, 4.69) is 12.2 Å². The van der Waals surface area contributed by atoms with Crippen LogP contribution in [0, 0.1) is 0 Å². The van der Waals surface area contributed by atoms with Crippen LogP contribution in [0.4, 0.5) is 5.69 Å². The van der Waals surface area contributed by atoms with Crippen LogP contribution in [-0.2, 0) is 11.2 Å². The third-order valence-corrected chi connectivity index (χ3v) is 6.07. The van der Waals surface area contributed by atoms with Gasteiger partial charge in [-0.1, -0.05) is 0 Å². The first-order chi connectivity index (χ1) is 13.3. The lowest BCUT2D eigenvalue weighted by Crippen LogP contribution is -2.56. The fraction of sp³-hybridized carbons (Fsp3) is 0.619. The molecule has 1 fully saturated rings. The zero-order valence-corrected chi connectivity index (χ0v) is 17.0. The zero-order chi connectivity index (χ0) is 20.1. The lowest BCUT2D eigenvalue weighted by Gasteiger charge is -2.43. The lowest BCUT2D eigenvalue weighted by atomic mass is 9.89. The van der Waals surface area contributed by atoms with Crippen LogP contribution in [0.1, 0.15) is 49.5 Å². The van der Waals surface area contributed by atoms with Crippen molar-refractivity contribution in [3.63, 3.8) is 0 Å². The second-order valence-corrected chi connectivity index (χ2v) is 8.60. The predicted octanol–water partition coefficient (Wildman–Crippen LogP) is 1.29. The molecule has 0 radical (unpaired) electrons. The minimum Gasteiger partial charge on any atom is -0.476 e. The molecule has 0 bridgehead atoms. The van der Waals surface area contributed by atoms with Crippen molar-refractivity contribution >= 4 is 17.5 Å². The third-order valence-electron chi connectivity index (χ3n) is 6.07. The van der Waals surface area contributed by atoms with Crippen molar-refractivity contribution in [1.82, 2.24) is 10.2 Å². The SMILES string of the molecule is CC1Cc2cc3c(cc2C(=O)N1[C@@H]1CCCNC1)N(CCN)C(=O)C(C)(C)O3. The van der Waals surface area contributed by atoms with Gasteiger partial charge in [-0.05, 0) is 64.3 Å². The van der Waals surface area contributed by atoms with Crippen LogP contribution in [0.2, 0.25) is 0 Å². The second kappa shape index (κ2) is 7.04. The second-order valence-electron chi connectivity index (χ2n) is 8.60. The molecule has 28 heavy (non-hydrogen) atoms. The Morgan fingerprint density at radius 3 is 2.79 bits per heavy atom. The highest BCUT2D eigenvalue weighted by Gasteiger charge is 2.43. The van der Waals surface area contributed by atoms with E-state index in [-0.39, 0.29) is 23.9 Å². The summed E-state index contributed by atoms with van der Waals surface area (Å²) in [7, 11) is 0. The summed E-state index contributed by atoms with van der Waals surface area (Å²) >= 11 is 0. The van der Waals surface area contributed by atoms with Gasteiger partial charge in [-0.3, -0.25) is 9.59 Å². The number of hydrogen-bond donors (Lipinski definition) is 2. The van der Waals surface area contributed by atoms with Gasteiger partial charge in [0.15, 0.2) is 5.60 Å². The third kappa shape index (κ3) is 3.06. The van der Waals surface area contributed by atoms with Crippen LogP contribution in [0.3, 0.4) is 0 Å². The van der Waals surface area contributed by atoms with E-state index in [0.29, 0.717) is 30.1 Å². The summed E-state index contributed by atoms with van der Waals surface area (Å²) in [5.74, 6) is 0.579. The minimum atomic E-state index is -0.944. The molecule has 1 unspecified atom stereocenters. The molecule has 7 nitrogen and oxygen atoms in total. The Balaban J connectivity index is 1.74. The van der Waals surface area contributed by atoms with Crippen LogP contribution < -0.4 is 20.7 Å². The lowest BCUT2D eigenvalue weighted by molar-refractivity contribution is -0.132. The molecule has 1 aromatic rings. The molecule has 0 saturated carbocycles. The smallest absolute Gasteiger partial charge is 0.270 e. The summed E-state index contributed by atoms with van der Waals surface area (Å²) in [6.07, 6.45) is 2.90. The molecule has 1 saturated heterocycles. The summed E-state index contributed by atoms with van der Waals surface area (Å²) in [5.41, 5.74) is 7.14. The first kappa shape index (κ1) is 19.2. The highest BCUT2D eigenvalue weighted by atomic mass is 16.5. The molecule has 1 aromatic carbocycles. The van der Waals surface area contributed by atoms with Gasteiger partial charge in [0.2, 0.25) is 0 Å². The van der Waals surface area contributed by atoms with Gasteiger partial charge < -0.3 is 25.6 Å². The summed E-state index contributed by atoms with van der Waals surface area (Å²) < 4.78 is 6.02. The predicted molar refractivity (Wildman–Crippen MR) is 108 cm³/mol. The number of ether oxygens (including phenoxy) is 1. The molecular weight excluding hydrogens is 356 g/mol. The van der Waals surface area contributed by atoms with E-state index < -0.39 is 5.60 Å². The van der Waals surface area contributed by atoms with Crippen LogP contribution in [0.5, 0.6) is 5.75 Å². The fourth-order valence-electron chi connectivity index (χ4n) is 4.73. The first-order valence-corrected chi connectivity index (χ1v) is 10.2. The van der Waals surface area contributed by atoms with E-state index in [1.807, 2.05) is 17.0 Å². The monoisotopic (exact) mass is 386 g/mol. The number of nitrogens with two attached hydrogens (primary N) is 1. The van der Waals surface area contributed by atoms with Crippen molar-refractivity contribution in [2.45, 2.75) is 57.7 Å². The molecule has 0 aliphatic carbocycles. The number of fused-ring (bicyclic) bond motifs is 2. The normalized spacial score (nSPS) is 26.6. The Kier molecular flexibility index (Phi) is 4.83. The van der Waals surface area contributed by atoms with E-state index in [1.54, 1.807) is 18.7 Å². The van der Waals surface area contributed by atoms with E-state index >= 15 is 0 Å². The van der Waals surface area contributed by atoms with Gasteiger partial charge in [0.05, 0.1) is 5.69 Å². The highest BCUT2D eigenvalue weighted by molar-refractivity contribution is 6.05. The van der Waals surface area contributed by atoms with Crippen LogP contribution in [0.15, 0.2) is 12.1 Å². The van der Waals surface area contributed by atoms with Gasteiger partial charge in [-0.2, -0.15) is 0 Å².